The zero-order chi connectivity index (χ0) is 17.2. The lowest BCUT2D eigenvalue weighted by Gasteiger charge is -2.33. The number of nitrogens with zero attached hydrogens (tertiary/aromatic N) is 4. The third kappa shape index (κ3) is 3.18. The van der Waals surface area contributed by atoms with E-state index in [1.165, 1.54) is 19.3 Å². The van der Waals surface area contributed by atoms with Crippen molar-refractivity contribution in [2.75, 3.05) is 6.54 Å². The Balaban J connectivity index is 1.48. The van der Waals surface area contributed by atoms with E-state index in [0.717, 1.165) is 36.6 Å². The standard InChI is InChI=1S/C19H25N5O/c20-17(14-7-3-1-4-8-14)19(25)23-11-12-24-16(13-23)21-22-18(24)15-9-5-2-6-10-15/h2,5-6,9-10,14,17H,1,3-4,7-8,11-13,20H2/t17-/m1/s1. The minimum atomic E-state index is -0.372. The highest BCUT2D eigenvalue weighted by Crippen LogP contribution is 2.27. The fourth-order valence-corrected chi connectivity index (χ4v) is 4.05. The van der Waals surface area contributed by atoms with Gasteiger partial charge >= 0.3 is 0 Å². The fourth-order valence-electron chi connectivity index (χ4n) is 4.05. The maximum atomic E-state index is 12.8. The molecule has 6 heteroatoms. The Hall–Kier alpha value is -2.21. The summed E-state index contributed by atoms with van der Waals surface area (Å²) in [5.41, 5.74) is 7.36. The van der Waals surface area contributed by atoms with Crippen molar-refractivity contribution in [3.8, 4) is 11.4 Å². The van der Waals surface area contributed by atoms with Crippen LogP contribution in [0.4, 0.5) is 0 Å². The van der Waals surface area contributed by atoms with Gasteiger partial charge in [-0.25, -0.2) is 0 Å². The van der Waals surface area contributed by atoms with E-state index in [-0.39, 0.29) is 11.9 Å². The van der Waals surface area contributed by atoms with Crippen molar-refractivity contribution in [2.45, 2.75) is 51.2 Å². The smallest absolute Gasteiger partial charge is 0.240 e. The summed E-state index contributed by atoms with van der Waals surface area (Å²) in [5.74, 6) is 2.12. The van der Waals surface area contributed by atoms with Crippen molar-refractivity contribution in [2.24, 2.45) is 11.7 Å². The molecule has 2 aromatic rings. The monoisotopic (exact) mass is 339 g/mol. The molecular weight excluding hydrogens is 314 g/mol. The molecule has 1 saturated carbocycles. The van der Waals surface area contributed by atoms with Crippen LogP contribution in [0.1, 0.15) is 37.9 Å². The van der Waals surface area contributed by atoms with Crippen LogP contribution in [0, 0.1) is 5.92 Å². The fraction of sp³-hybridized carbons (Fsp3) is 0.526. The van der Waals surface area contributed by atoms with Crippen molar-refractivity contribution in [1.82, 2.24) is 19.7 Å². The zero-order valence-corrected chi connectivity index (χ0v) is 14.5. The van der Waals surface area contributed by atoms with Gasteiger partial charge in [-0.3, -0.25) is 4.79 Å². The third-order valence-electron chi connectivity index (χ3n) is 5.54. The van der Waals surface area contributed by atoms with Crippen molar-refractivity contribution >= 4 is 5.91 Å². The lowest BCUT2D eigenvalue weighted by molar-refractivity contribution is -0.135. The van der Waals surface area contributed by atoms with E-state index in [1.54, 1.807) is 0 Å². The molecule has 1 amide bonds. The van der Waals surface area contributed by atoms with E-state index in [9.17, 15) is 4.79 Å². The first-order valence-electron chi connectivity index (χ1n) is 9.26. The maximum Gasteiger partial charge on any atom is 0.240 e. The van der Waals surface area contributed by atoms with Crippen molar-refractivity contribution in [3.05, 3.63) is 36.2 Å². The first-order valence-corrected chi connectivity index (χ1v) is 9.26. The van der Waals surface area contributed by atoms with Gasteiger partial charge in [0, 0.05) is 18.7 Å². The minimum Gasteiger partial charge on any atom is -0.332 e. The van der Waals surface area contributed by atoms with Gasteiger partial charge in [0.25, 0.3) is 0 Å². The normalized spacial score (nSPS) is 19.5. The Bertz CT molecular complexity index is 736. The van der Waals surface area contributed by atoms with Crippen LogP contribution < -0.4 is 5.73 Å². The highest BCUT2D eigenvalue weighted by molar-refractivity contribution is 5.82. The molecule has 1 aromatic carbocycles. The molecule has 0 spiro atoms. The molecule has 0 saturated heterocycles. The summed E-state index contributed by atoms with van der Waals surface area (Å²) >= 11 is 0. The Kier molecular flexibility index (Phi) is 4.53. The zero-order valence-electron chi connectivity index (χ0n) is 14.5. The van der Waals surface area contributed by atoms with E-state index in [2.05, 4.69) is 14.8 Å². The average molecular weight is 339 g/mol. The molecule has 0 unspecified atom stereocenters. The van der Waals surface area contributed by atoms with E-state index in [4.69, 9.17) is 5.73 Å². The van der Waals surface area contributed by atoms with Gasteiger partial charge in [0.1, 0.15) is 0 Å². The predicted molar refractivity (Wildman–Crippen MR) is 95.4 cm³/mol. The Morgan fingerprint density at radius 2 is 1.84 bits per heavy atom. The molecule has 2 aliphatic rings. The van der Waals surface area contributed by atoms with Crippen LogP contribution in [-0.4, -0.2) is 38.2 Å². The van der Waals surface area contributed by atoms with Crippen LogP contribution >= 0.6 is 0 Å². The van der Waals surface area contributed by atoms with Gasteiger partial charge in [0.15, 0.2) is 11.6 Å². The molecule has 0 bridgehead atoms. The van der Waals surface area contributed by atoms with Crippen LogP contribution in [0.15, 0.2) is 30.3 Å². The van der Waals surface area contributed by atoms with Gasteiger partial charge < -0.3 is 15.2 Å². The number of hydrogen-bond acceptors (Lipinski definition) is 4. The number of hydrogen-bond donors (Lipinski definition) is 1. The van der Waals surface area contributed by atoms with Crippen LogP contribution in [0.2, 0.25) is 0 Å². The molecule has 1 atom stereocenters. The molecule has 1 fully saturated rings. The second kappa shape index (κ2) is 6.96. The Morgan fingerprint density at radius 3 is 2.60 bits per heavy atom. The maximum absolute atomic E-state index is 12.8. The quantitative estimate of drug-likeness (QED) is 0.930. The van der Waals surface area contributed by atoms with E-state index in [0.29, 0.717) is 19.0 Å². The lowest BCUT2D eigenvalue weighted by Crippen LogP contribution is -2.50. The molecule has 2 N–H and O–H groups in total. The van der Waals surface area contributed by atoms with Gasteiger partial charge in [-0.1, -0.05) is 49.6 Å². The first kappa shape index (κ1) is 16.3. The van der Waals surface area contributed by atoms with Gasteiger partial charge in [-0.15, -0.1) is 10.2 Å². The highest BCUT2D eigenvalue weighted by atomic mass is 16.2. The van der Waals surface area contributed by atoms with E-state index < -0.39 is 0 Å². The summed E-state index contributed by atoms with van der Waals surface area (Å²) in [6.45, 7) is 1.89. The van der Waals surface area contributed by atoms with Gasteiger partial charge in [-0.05, 0) is 18.8 Å². The van der Waals surface area contributed by atoms with Crippen molar-refractivity contribution in [1.29, 1.82) is 0 Å². The molecule has 6 nitrogen and oxygen atoms in total. The second-order valence-corrected chi connectivity index (χ2v) is 7.14. The number of fused-ring (bicyclic) bond motifs is 1. The largest absolute Gasteiger partial charge is 0.332 e. The number of rotatable bonds is 3. The van der Waals surface area contributed by atoms with Gasteiger partial charge in [-0.2, -0.15) is 0 Å². The minimum absolute atomic E-state index is 0.0717. The molecule has 1 aromatic heterocycles. The summed E-state index contributed by atoms with van der Waals surface area (Å²) in [4.78, 5) is 14.7. The first-order chi connectivity index (χ1) is 12.2. The summed E-state index contributed by atoms with van der Waals surface area (Å²) in [7, 11) is 0. The number of nitrogens with two attached hydrogens (primary N) is 1. The molecule has 1 aliphatic carbocycles. The summed E-state index contributed by atoms with van der Waals surface area (Å²) in [5, 5.41) is 8.66. The summed E-state index contributed by atoms with van der Waals surface area (Å²) < 4.78 is 2.12. The molecule has 25 heavy (non-hydrogen) atoms. The SMILES string of the molecule is N[C@@H](C(=O)N1CCn2c(nnc2-c2ccccc2)C1)C1CCCCC1. The van der Waals surface area contributed by atoms with Gasteiger partial charge in [0.05, 0.1) is 12.6 Å². The van der Waals surface area contributed by atoms with Crippen LogP contribution in [0.3, 0.4) is 0 Å². The molecule has 132 valence electrons. The summed E-state index contributed by atoms with van der Waals surface area (Å²) in [6.07, 6.45) is 5.82. The van der Waals surface area contributed by atoms with Gasteiger partial charge in [0.2, 0.25) is 5.91 Å². The Labute approximate surface area is 148 Å². The summed E-state index contributed by atoms with van der Waals surface area (Å²) in [6, 6.07) is 9.69. The second-order valence-electron chi connectivity index (χ2n) is 7.14. The number of carbonyl (C=O) groups excluding carboxylic acids is 1. The number of aromatic nitrogens is 3. The topological polar surface area (TPSA) is 77.0 Å². The molecular formula is C19H25N5O. The van der Waals surface area contributed by atoms with E-state index in [1.807, 2.05) is 35.2 Å². The van der Waals surface area contributed by atoms with Crippen LogP contribution in [0.5, 0.6) is 0 Å². The highest BCUT2D eigenvalue weighted by Gasteiger charge is 2.32. The molecule has 2 heterocycles. The lowest BCUT2D eigenvalue weighted by atomic mass is 9.83. The van der Waals surface area contributed by atoms with Crippen molar-refractivity contribution < 1.29 is 4.79 Å². The molecule has 4 rings (SSSR count). The predicted octanol–water partition coefficient (Wildman–Crippen LogP) is 2.19. The number of carbonyl (C=O) groups is 1. The average Bonchev–Trinajstić information content (AvgIpc) is 3.11. The van der Waals surface area contributed by atoms with Crippen LogP contribution in [0.25, 0.3) is 11.4 Å². The van der Waals surface area contributed by atoms with Crippen LogP contribution in [-0.2, 0) is 17.9 Å². The number of amides is 1. The van der Waals surface area contributed by atoms with Crippen molar-refractivity contribution in [3.63, 3.8) is 0 Å². The van der Waals surface area contributed by atoms with E-state index >= 15 is 0 Å². The molecule has 1 aliphatic heterocycles. The number of benzene rings is 1. The molecule has 0 radical (unpaired) electrons. The Morgan fingerprint density at radius 1 is 1.08 bits per heavy atom. The third-order valence-corrected chi connectivity index (χ3v) is 5.54.